The zero-order valence-electron chi connectivity index (χ0n) is 9.26. The van der Waals surface area contributed by atoms with Crippen molar-refractivity contribution in [2.75, 3.05) is 0 Å². The van der Waals surface area contributed by atoms with E-state index in [-0.39, 0.29) is 11.4 Å². The van der Waals surface area contributed by atoms with Gasteiger partial charge < -0.3 is 5.21 Å². The summed E-state index contributed by atoms with van der Waals surface area (Å²) in [6.07, 6.45) is 0. The van der Waals surface area contributed by atoms with Gasteiger partial charge in [-0.3, -0.25) is 10.1 Å². The van der Waals surface area contributed by atoms with E-state index in [0.29, 0.717) is 10.5 Å². The van der Waals surface area contributed by atoms with Crippen molar-refractivity contribution >= 4 is 17.1 Å². The van der Waals surface area contributed by atoms with E-state index in [1.807, 2.05) is 0 Å². The summed E-state index contributed by atoms with van der Waals surface area (Å²) in [7, 11) is 0. The lowest BCUT2D eigenvalue weighted by atomic mass is 10.3. The molecule has 0 unspecified atom stereocenters. The maximum atomic E-state index is 11.7. The molecule has 2 aromatic rings. The van der Waals surface area contributed by atoms with E-state index in [0.717, 1.165) is 0 Å². The lowest BCUT2D eigenvalue weighted by Crippen LogP contribution is -1.92. The number of benzene rings is 2. The summed E-state index contributed by atoms with van der Waals surface area (Å²) in [4.78, 5) is 10.6. The van der Waals surface area contributed by atoms with Crippen molar-refractivity contribution < 1.29 is 9.78 Å². The third-order valence-electron chi connectivity index (χ3n) is 2.25. The molecule has 0 heterocycles. The summed E-state index contributed by atoms with van der Waals surface area (Å²) in [5, 5.41) is 26.2. The van der Waals surface area contributed by atoms with Crippen molar-refractivity contribution in [3.05, 3.63) is 69.9 Å². The predicted molar refractivity (Wildman–Crippen MR) is 64.9 cm³/mol. The van der Waals surface area contributed by atoms with E-state index in [4.69, 9.17) is 0 Å². The second-order valence-corrected chi connectivity index (χ2v) is 3.45. The molecule has 2 aromatic carbocycles. The van der Waals surface area contributed by atoms with Gasteiger partial charge in [0.2, 0.25) is 11.4 Å². The molecular formula is C12H9N3O3. The number of para-hydroxylation sites is 2. The fourth-order valence-electron chi connectivity index (χ4n) is 1.41. The van der Waals surface area contributed by atoms with Crippen molar-refractivity contribution in [3.8, 4) is 0 Å². The van der Waals surface area contributed by atoms with Crippen molar-refractivity contribution in [3.63, 3.8) is 0 Å². The molecular weight excluding hydrogens is 234 g/mol. The Morgan fingerprint density at radius 1 is 0.889 bits per heavy atom. The van der Waals surface area contributed by atoms with Crippen LogP contribution in [0.3, 0.4) is 0 Å². The molecule has 6 heteroatoms. The highest BCUT2D eigenvalue weighted by Crippen LogP contribution is 2.27. The van der Waals surface area contributed by atoms with Crippen molar-refractivity contribution in [2.24, 2.45) is 5.11 Å². The Morgan fingerprint density at radius 2 is 1.50 bits per heavy atom. The first-order chi connectivity index (χ1) is 8.68. The van der Waals surface area contributed by atoms with Crippen LogP contribution in [0.25, 0.3) is 0 Å². The van der Waals surface area contributed by atoms with Crippen molar-refractivity contribution in [1.29, 1.82) is 0 Å². The van der Waals surface area contributed by atoms with Gasteiger partial charge in [-0.1, -0.05) is 30.3 Å². The van der Waals surface area contributed by atoms with Gasteiger partial charge in [0.05, 0.1) is 4.92 Å². The molecule has 0 aliphatic heterocycles. The van der Waals surface area contributed by atoms with E-state index in [1.54, 1.807) is 36.4 Å². The van der Waals surface area contributed by atoms with Crippen LogP contribution in [0, 0.1) is 15.3 Å². The number of azo groups is 1. The van der Waals surface area contributed by atoms with Gasteiger partial charge in [0.15, 0.2) is 0 Å². The molecule has 0 radical (unpaired) electrons. The molecule has 6 nitrogen and oxygen atoms in total. The highest BCUT2D eigenvalue weighted by molar-refractivity contribution is 5.55. The molecule has 0 bridgehead atoms. The first-order valence-electron chi connectivity index (χ1n) is 5.16. The molecule has 0 aliphatic rings. The number of rotatable bonds is 3. The topological polar surface area (TPSA) is 81.6 Å². The van der Waals surface area contributed by atoms with E-state index >= 15 is 0 Å². The number of hydrogen-bond acceptors (Lipinski definition) is 4. The monoisotopic (exact) mass is 243 g/mol. The summed E-state index contributed by atoms with van der Waals surface area (Å²) in [5.41, 5.74) is 0.145. The number of hydrogen-bond donors (Lipinski definition) is 0. The lowest BCUT2D eigenvalue weighted by molar-refractivity contribution is -0.437. The van der Waals surface area contributed by atoms with E-state index < -0.39 is 4.92 Å². The minimum Gasteiger partial charge on any atom is -0.594 e. The van der Waals surface area contributed by atoms with Crippen LogP contribution in [-0.4, -0.2) is 9.78 Å². The summed E-state index contributed by atoms with van der Waals surface area (Å²) < 4.78 is 0. The maximum absolute atomic E-state index is 11.7. The number of nitro benzene ring substituents is 1. The fraction of sp³-hybridized carbons (Fsp3) is 0. The Balaban J connectivity index is 2.42. The third kappa shape index (κ3) is 2.49. The molecule has 0 aromatic heterocycles. The fourth-order valence-corrected chi connectivity index (χ4v) is 1.41. The van der Waals surface area contributed by atoms with Gasteiger partial charge in [0.1, 0.15) is 0 Å². The first kappa shape index (κ1) is 11.7. The maximum Gasteiger partial charge on any atom is 0.301 e. The lowest BCUT2D eigenvalue weighted by Gasteiger charge is -1.99. The molecule has 18 heavy (non-hydrogen) atoms. The molecule has 0 spiro atoms. The smallest absolute Gasteiger partial charge is 0.301 e. The van der Waals surface area contributed by atoms with Crippen LogP contribution in [0.1, 0.15) is 0 Å². The van der Waals surface area contributed by atoms with Gasteiger partial charge in [-0.15, -0.1) is 0 Å². The molecule has 0 amide bonds. The largest absolute Gasteiger partial charge is 0.594 e. The Labute approximate surface area is 103 Å². The second kappa shape index (κ2) is 5.05. The summed E-state index contributed by atoms with van der Waals surface area (Å²) in [5.74, 6) is 0. The summed E-state index contributed by atoms with van der Waals surface area (Å²) in [6, 6.07) is 14.1. The molecule has 0 aliphatic carbocycles. The molecule has 0 saturated carbocycles. The molecule has 90 valence electrons. The SMILES string of the molecule is O=[N+]([O-])c1ccccc1N=[N+]([O-])c1ccccc1. The van der Waals surface area contributed by atoms with E-state index in [9.17, 15) is 15.3 Å². The standard InChI is InChI=1S/C12H9N3O3/c16-14(10-6-2-1-3-7-10)13-11-8-4-5-9-12(11)15(17)18/h1-9H. The third-order valence-corrected chi connectivity index (χ3v) is 2.25. The normalized spacial score (nSPS) is 11.2. The summed E-state index contributed by atoms with van der Waals surface area (Å²) in [6.45, 7) is 0. The van der Waals surface area contributed by atoms with Crippen molar-refractivity contribution in [2.45, 2.75) is 0 Å². The summed E-state index contributed by atoms with van der Waals surface area (Å²) >= 11 is 0. The Hall–Kier alpha value is -2.76. The highest BCUT2D eigenvalue weighted by Gasteiger charge is 2.15. The van der Waals surface area contributed by atoms with Gasteiger partial charge >= 0.3 is 5.69 Å². The average Bonchev–Trinajstić information content (AvgIpc) is 2.40. The van der Waals surface area contributed by atoms with Crippen LogP contribution in [0.2, 0.25) is 0 Å². The quantitative estimate of drug-likeness (QED) is 0.358. The van der Waals surface area contributed by atoms with Crippen LogP contribution in [0.5, 0.6) is 0 Å². The van der Waals surface area contributed by atoms with Gasteiger partial charge in [0, 0.05) is 23.3 Å². The van der Waals surface area contributed by atoms with Crippen molar-refractivity contribution in [1.82, 2.24) is 0 Å². The number of nitrogens with zero attached hydrogens (tertiary/aromatic N) is 3. The van der Waals surface area contributed by atoms with Crippen LogP contribution in [-0.2, 0) is 0 Å². The Kier molecular flexibility index (Phi) is 3.29. The van der Waals surface area contributed by atoms with Crippen LogP contribution in [0.4, 0.5) is 17.1 Å². The second-order valence-electron chi connectivity index (χ2n) is 3.45. The zero-order valence-corrected chi connectivity index (χ0v) is 9.26. The molecule has 0 saturated heterocycles. The van der Waals surface area contributed by atoms with Crippen LogP contribution in [0.15, 0.2) is 59.7 Å². The Morgan fingerprint density at radius 3 is 2.17 bits per heavy atom. The molecule has 0 atom stereocenters. The van der Waals surface area contributed by atoms with Gasteiger partial charge in [-0.05, 0) is 10.9 Å². The van der Waals surface area contributed by atoms with Gasteiger partial charge in [-0.25, -0.2) is 0 Å². The first-order valence-corrected chi connectivity index (χ1v) is 5.16. The average molecular weight is 243 g/mol. The molecule has 0 N–H and O–H groups in total. The van der Waals surface area contributed by atoms with Gasteiger partial charge in [-0.2, -0.15) is 0 Å². The Bertz CT molecular complexity index is 597. The van der Waals surface area contributed by atoms with E-state index in [2.05, 4.69) is 5.11 Å². The van der Waals surface area contributed by atoms with E-state index in [1.165, 1.54) is 18.2 Å². The minimum absolute atomic E-state index is 0.0290. The van der Waals surface area contributed by atoms with Crippen LogP contribution >= 0.6 is 0 Å². The van der Waals surface area contributed by atoms with Crippen LogP contribution < -0.4 is 0 Å². The zero-order chi connectivity index (χ0) is 13.0. The molecule has 0 fully saturated rings. The minimum atomic E-state index is -0.572. The number of nitro groups is 1. The van der Waals surface area contributed by atoms with Gasteiger partial charge in [0.25, 0.3) is 0 Å². The highest BCUT2D eigenvalue weighted by atomic mass is 16.6. The molecule has 2 rings (SSSR count). The predicted octanol–water partition coefficient (Wildman–Crippen LogP) is 3.52.